The van der Waals surface area contributed by atoms with Crippen molar-refractivity contribution in [2.45, 2.75) is 51.2 Å². The molecule has 1 aliphatic carbocycles. The van der Waals surface area contributed by atoms with E-state index in [9.17, 15) is 9.90 Å². The van der Waals surface area contributed by atoms with Crippen LogP contribution >= 0.6 is 0 Å². The van der Waals surface area contributed by atoms with Gasteiger partial charge >= 0.3 is 0 Å². The van der Waals surface area contributed by atoms with Gasteiger partial charge in [-0.3, -0.25) is 4.79 Å². The molecule has 1 aliphatic rings. The molecule has 1 aromatic rings. The van der Waals surface area contributed by atoms with Crippen molar-refractivity contribution in [2.75, 3.05) is 0 Å². The lowest BCUT2D eigenvalue weighted by Gasteiger charge is -2.22. The summed E-state index contributed by atoms with van der Waals surface area (Å²) < 4.78 is 5.84. The summed E-state index contributed by atoms with van der Waals surface area (Å²) in [4.78, 5) is 11.3. The standard InChI is InChI=1S/C15H20O3/c1-11(16)12-6-5-7-13(10-12)18-15-9-4-2-3-8-14(15)17/h5-7,10,14-15,17H,2-4,8-9H2,1H3. The molecule has 0 saturated heterocycles. The van der Waals surface area contributed by atoms with E-state index < -0.39 is 6.10 Å². The Bertz CT molecular complexity index is 414. The Hall–Kier alpha value is -1.35. The van der Waals surface area contributed by atoms with Crippen molar-refractivity contribution in [1.82, 2.24) is 0 Å². The highest BCUT2D eigenvalue weighted by atomic mass is 16.5. The van der Waals surface area contributed by atoms with Gasteiger partial charge in [-0.05, 0) is 38.3 Å². The van der Waals surface area contributed by atoms with Gasteiger partial charge in [0.1, 0.15) is 11.9 Å². The second-order valence-corrected chi connectivity index (χ2v) is 4.95. The number of rotatable bonds is 3. The Labute approximate surface area is 108 Å². The molecular formula is C15H20O3. The van der Waals surface area contributed by atoms with Gasteiger partial charge in [0, 0.05) is 5.56 Å². The maximum atomic E-state index is 11.3. The summed E-state index contributed by atoms with van der Waals surface area (Å²) in [5.74, 6) is 0.704. The number of carbonyl (C=O) groups excluding carboxylic acids is 1. The first-order valence-electron chi connectivity index (χ1n) is 6.62. The fourth-order valence-electron chi connectivity index (χ4n) is 2.35. The van der Waals surface area contributed by atoms with Crippen LogP contribution in [0.1, 0.15) is 49.4 Å². The van der Waals surface area contributed by atoms with E-state index in [1.165, 1.54) is 0 Å². The first-order valence-corrected chi connectivity index (χ1v) is 6.62. The number of hydrogen-bond acceptors (Lipinski definition) is 3. The fraction of sp³-hybridized carbons (Fsp3) is 0.533. The highest BCUT2D eigenvalue weighted by Gasteiger charge is 2.23. The van der Waals surface area contributed by atoms with Crippen molar-refractivity contribution in [2.24, 2.45) is 0 Å². The number of aliphatic hydroxyl groups is 1. The summed E-state index contributed by atoms with van der Waals surface area (Å²) in [6.45, 7) is 1.54. The minimum Gasteiger partial charge on any atom is -0.488 e. The lowest BCUT2D eigenvalue weighted by atomic mass is 10.1. The van der Waals surface area contributed by atoms with Gasteiger partial charge < -0.3 is 9.84 Å². The molecule has 0 heterocycles. The number of hydrogen-bond donors (Lipinski definition) is 1. The number of ether oxygens (including phenoxy) is 1. The van der Waals surface area contributed by atoms with Crippen LogP contribution in [0.15, 0.2) is 24.3 Å². The topological polar surface area (TPSA) is 46.5 Å². The monoisotopic (exact) mass is 248 g/mol. The zero-order valence-corrected chi connectivity index (χ0v) is 10.8. The van der Waals surface area contributed by atoms with E-state index in [0.717, 1.165) is 32.1 Å². The Morgan fingerprint density at radius 2 is 2.06 bits per heavy atom. The largest absolute Gasteiger partial charge is 0.488 e. The first-order chi connectivity index (χ1) is 8.66. The van der Waals surface area contributed by atoms with Crippen molar-refractivity contribution in [3.05, 3.63) is 29.8 Å². The molecule has 0 aromatic heterocycles. The fourth-order valence-corrected chi connectivity index (χ4v) is 2.35. The maximum absolute atomic E-state index is 11.3. The Morgan fingerprint density at radius 1 is 1.28 bits per heavy atom. The number of Topliss-reactive ketones (excluding diaryl/α,β-unsaturated/α-hetero) is 1. The van der Waals surface area contributed by atoms with Gasteiger partial charge in [0.2, 0.25) is 0 Å². The summed E-state index contributed by atoms with van der Waals surface area (Å²) in [6.07, 6.45) is 4.46. The molecule has 3 nitrogen and oxygen atoms in total. The molecule has 1 N–H and O–H groups in total. The molecule has 0 spiro atoms. The number of benzene rings is 1. The smallest absolute Gasteiger partial charge is 0.159 e. The van der Waals surface area contributed by atoms with Crippen LogP contribution in [0.2, 0.25) is 0 Å². The van der Waals surface area contributed by atoms with Gasteiger partial charge in [0.25, 0.3) is 0 Å². The zero-order chi connectivity index (χ0) is 13.0. The highest BCUT2D eigenvalue weighted by Crippen LogP contribution is 2.24. The zero-order valence-electron chi connectivity index (χ0n) is 10.8. The third-order valence-corrected chi connectivity index (χ3v) is 3.45. The van der Waals surface area contributed by atoms with Crippen LogP contribution in [0.4, 0.5) is 0 Å². The number of aliphatic hydroxyl groups excluding tert-OH is 1. The molecule has 1 aromatic carbocycles. The van der Waals surface area contributed by atoms with E-state index in [-0.39, 0.29) is 11.9 Å². The first kappa shape index (κ1) is 13.1. The van der Waals surface area contributed by atoms with E-state index in [1.807, 2.05) is 12.1 Å². The van der Waals surface area contributed by atoms with E-state index in [0.29, 0.717) is 11.3 Å². The van der Waals surface area contributed by atoms with Crippen molar-refractivity contribution >= 4 is 5.78 Å². The molecule has 0 bridgehead atoms. The van der Waals surface area contributed by atoms with Gasteiger partial charge in [-0.25, -0.2) is 0 Å². The van der Waals surface area contributed by atoms with Crippen molar-refractivity contribution in [3.8, 4) is 5.75 Å². The lowest BCUT2D eigenvalue weighted by Crippen LogP contribution is -2.30. The molecule has 98 valence electrons. The minimum atomic E-state index is -0.395. The van der Waals surface area contributed by atoms with Crippen LogP contribution in [0.25, 0.3) is 0 Å². The average Bonchev–Trinajstić information content (AvgIpc) is 2.55. The van der Waals surface area contributed by atoms with Crippen molar-refractivity contribution < 1.29 is 14.6 Å². The number of ketones is 1. The Kier molecular flexibility index (Phi) is 4.37. The minimum absolute atomic E-state index is 0.0295. The normalized spacial score (nSPS) is 24.3. The summed E-state index contributed by atoms with van der Waals surface area (Å²) in [5, 5.41) is 10.00. The summed E-state index contributed by atoms with van der Waals surface area (Å²) in [7, 11) is 0. The molecular weight excluding hydrogens is 228 g/mol. The molecule has 1 fully saturated rings. The SMILES string of the molecule is CC(=O)c1cccc(OC2CCCCCC2O)c1. The molecule has 2 unspecified atom stereocenters. The van der Waals surface area contributed by atoms with Crippen LogP contribution in [-0.4, -0.2) is 23.1 Å². The van der Waals surface area contributed by atoms with Crippen molar-refractivity contribution in [1.29, 1.82) is 0 Å². The Morgan fingerprint density at radius 3 is 2.83 bits per heavy atom. The predicted molar refractivity (Wildman–Crippen MR) is 70.0 cm³/mol. The van der Waals surface area contributed by atoms with E-state index >= 15 is 0 Å². The van der Waals surface area contributed by atoms with Crippen LogP contribution in [0, 0.1) is 0 Å². The predicted octanol–water partition coefficient (Wildman–Crippen LogP) is 2.96. The molecule has 0 aliphatic heterocycles. The molecule has 1 saturated carbocycles. The third kappa shape index (κ3) is 3.33. The van der Waals surface area contributed by atoms with Gasteiger partial charge in [-0.1, -0.05) is 25.0 Å². The van der Waals surface area contributed by atoms with E-state index in [4.69, 9.17) is 4.74 Å². The second kappa shape index (κ2) is 6.01. The van der Waals surface area contributed by atoms with Gasteiger partial charge in [-0.2, -0.15) is 0 Å². The third-order valence-electron chi connectivity index (χ3n) is 3.45. The van der Waals surface area contributed by atoms with E-state index in [2.05, 4.69) is 0 Å². The van der Waals surface area contributed by atoms with Crippen LogP contribution < -0.4 is 4.74 Å². The molecule has 2 atom stereocenters. The van der Waals surface area contributed by atoms with Crippen molar-refractivity contribution in [3.63, 3.8) is 0 Å². The van der Waals surface area contributed by atoms with Crippen LogP contribution in [0.5, 0.6) is 5.75 Å². The molecule has 18 heavy (non-hydrogen) atoms. The summed E-state index contributed by atoms with van der Waals surface area (Å²) >= 11 is 0. The number of carbonyl (C=O) groups is 1. The van der Waals surface area contributed by atoms with Crippen LogP contribution in [0.3, 0.4) is 0 Å². The highest BCUT2D eigenvalue weighted by molar-refractivity contribution is 5.94. The van der Waals surface area contributed by atoms with E-state index in [1.54, 1.807) is 19.1 Å². The molecule has 3 heteroatoms. The average molecular weight is 248 g/mol. The summed E-state index contributed by atoms with van der Waals surface area (Å²) in [6, 6.07) is 7.18. The molecule has 0 amide bonds. The maximum Gasteiger partial charge on any atom is 0.159 e. The molecule has 0 radical (unpaired) electrons. The van der Waals surface area contributed by atoms with Gasteiger partial charge in [-0.15, -0.1) is 0 Å². The van der Waals surface area contributed by atoms with Gasteiger partial charge in [0.15, 0.2) is 5.78 Å². The lowest BCUT2D eigenvalue weighted by molar-refractivity contribution is 0.0319. The van der Waals surface area contributed by atoms with Gasteiger partial charge in [0.05, 0.1) is 6.10 Å². The van der Waals surface area contributed by atoms with Crippen LogP contribution in [-0.2, 0) is 0 Å². The summed E-state index contributed by atoms with van der Waals surface area (Å²) in [5.41, 5.74) is 0.649. The molecule has 2 rings (SSSR count). The second-order valence-electron chi connectivity index (χ2n) is 4.95. The Balaban J connectivity index is 2.07. The quantitative estimate of drug-likeness (QED) is 0.660.